The fourth-order valence-corrected chi connectivity index (χ4v) is 1.86. The number of rotatable bonds is 4. The molecule has 1 amide bonds. The lowest BCUT2D eigenvalue weighted by molar-refractivity contribution is -0.123. The summed E-state index contributed by atoms with van der Waals surface area (Å²) in [5, 5.41) is 3.04. The maximum atomic E-state index is 12.0. The van der Waals surface area contributed by atoms with Gasteiger partial charge in [0.25, 0.3) is 11.5 Å². The Kier molecular flexibility index (Phi) is 4.95. The van der Waals surface area contributed by atoms with Crippen molar-refractivity contribution in [2.75, 3.05) is 5.32 Å². The van der Waals surface area contributed by atoms with Crippen molar-refractivity contribution >= 4 is 29.2 Å². The van der Waals surface area contributed by atoms with E-state index in [1.54, 1.807) is 24.3 Å². The summed E-state index contributed by atoms with van der Waals surface area (Å²) in [5.74, 6) is -1.39. The summed E-state index contributed by atoms with van der Waals surface area (Å²) in [6, 6.07) is 9.38. The van der Waals surface area contributed by atoms with E-state index in [9.17, 15) is 14.4 Å². The van der Waals surface area contributed by atoms with Crippen molar-refractivity contribution in [3.8, 4) is 0 Å². The Morgan fingerprint density at radius 2 is 2.05 bits per heavy atom. The van der Waals surface area contributed by atoms with Gasteiger partial charge in [-0.2, -0.15) is 0 Å². The predicted molar refractivity (Wildman–Crippen MR) is 82.0 cm³/mol. The van der Waals surface area contributed by atoms with E-state index in [-0.39, 0.29) is 5.56 Å². The summed E-state index contributed by atoms with van der Waals surface area (Å²) in [7, 11) is 0. The molecule has 0 radical (unpaired) electrons. The summed E-state index contributed by atoms with van der Waals surface area (Å²) in [6.07, 6.45) is 0.333. The number of halogens is 1. The number of hydrogen-bond acceptors (Lipinski definition) is 4. The molecule has 1 aromatic heterocycles. The van der Waals surface area contributed by atoms with E-state index in [0.29, 0.717) is 10.7 Å². The highest BCUT2D eigenvalue weighted by molar-refractivity contribution is 6.30. The van der Waals surface area contributed by atoms with Gasteiger partial charge in [0.1, 0.15) is 5.56 Å². The molecule has 0 fully saturated rings. The summed E-state index contributed by atoms with van der Waals surface area (Å²) in [4.78, 5) is 37.6. The summed E-state index contributed by atoms with van der Waals surface area (Å²) in [5.41, 5.74) is -0.252. The zero-order chi connectivity index (χ0) is 16.1. The fourth-order valence-electron chi connectivity index (χ4n) is 1.67. The molecule has 2 rings (SSSR count). The lowest BCUT2D eigenvalue weighted by Crippen LogP contribution is -2.31. The van der Waals surface area contributed by atoms with Crippen LogP contribution in [0.4, 0.5) is 5.69 Å². The number of benzene rings is 1. The van der Waals surface area contributed by atoms with Crippen molar-refractivity contribution in [2.24, 2.45) is 0 Å². The number of hydrogen-bond donors (Lipinski definition) is 2. The first kappa shape index (κ1) is 15.8. The second-order valence-electron chi connectivity index (χ2n) is 4.46. The highest BCUT2D eigenvalue weighted by atomic mass is 35.5. The number of carbonyl (C=O) groups is 2. The number of anilines is 1. The molecule has 114 valence electrons. The van der Waals surface area contributed by atoms with Crippen molar-refractivity contribution in [3.63, 3.8) is 0 Å². The molecule has 0 saturated carbocycles. The molecule has 1 aromatic carbocycles. The lowest BCUT2D eigenvalue weighted by atomic mass is 10.2. The van der Waals surface area contributed by atoms with Crippen LogP contribution in [0, 0.1) is 0 Å². The molecular weight excluding hydrogens is 308 g/mol. The zero-order valence-electron chi connectivity index (χ0n) is 11.6. The van der Waals surface area contributed by atoms with Crippen LogP contribution in [0.5, 0.6) is 0 Å². The Hall–Kier alpha value is -2.60. The summed E-state index contributed by atoms with van der Waals surface area (Å²) >= 11 is 5.81. The molecule has 6 nitrogen and oxygen atoms in total. The van der Waals surface area contributed by atoms with E-state index in [1.807, 2.05) is 0 Å². The van der Waals surface area contributed by atoms with Crippen molar-refractivity contribution in [1.82, 2.24) is 4.98 Å². The fraction of sp³-hybridized carbons (Fsp3) is 0.133. The van der Waals surface area contributed by atoms with Crippen LogP contribution in [0.3, 0.4) is 0 Å². The third kappa shape index (κ3) is 3.95. The Balaban J connectivity index is 2.01. The maximum Gasteiger partial charge on any atom is 0.344 e. The molecule has 7 heteroatoms. The van der Waals surface area contributed by atoms with Gasteiger partial charge in [-0.25, -0.2) is 4.79 Å². The molecule has 22 heavy (non-hydrogen) atoms. The number of carbonyl (C=O) groups excluding carboxylic acids is 2. The number of pyridine rings is 1. The van der Waals surface area contributed by atoms with Gasteiger partial charge in [-0.15, -0.1) is 0 Å². The van der Waals surface area contributed by atoms with Crippen LogP contribution in [0.1, 0.15) is 17.3 Å². The average molecular weight is 321 g/mol. The standard InChI is InChI=1S/C15H13ClN2O4/c1-9(13(19)18-11-5-2-4-10(16)8-11)22-15(21)12-6-3-7-17-14(12)20/h2-9H,1H3,(H,17,20)(H,18,19)/t9-/m1/s1. The largest absolute Gasteiger partial charge is 0.449 e. The van der Waals surface area contributed by atoms with Crippen LogP contribution in [0.2, 0.25) is 5.02 Å². The number of amides is 1. The molecule has 0 unspecified atom stereocenters. The minimum Gasteiger partial charge on any atom is -0.449 e. The summed E-state index contributed by atoms with van der Waals surface area (Å²) in [6.45, 7) is 1.41. The first-order chi connectivity index (χ1) is 10.5. The number of aromatic amines is 1. The van der Waals surface area contributed by atoms with Crippen LogP contribution in [-0.4, -0.2) is 23.0 Å². The average Bonchev–Trinajstić information content (AvgIpc) is 2.47. The molecule has 1 atom stereocenters. The topological polar surface area (TPSA) is 88.3 Å². The van der Waals surface area contributed by atoms with Crippen molar-refractivity contribution in [1.29, 1.82) is 0 Å². The number of H-pyrrole nitrogens is 1. The van der Waals surface area contributed by atoms with E-state index in [2.05, 4.69) is 10.3 Å². The number of ether oxygens (including phenoxy) is 1. The highest BCUT2D eigenvalue weighted by Gasteiger charge is 2.20. The highest BCUT2D eigenvalue weighted by Crippen LogP contribution is 2.15. The molecular formula is C15H13ClN2O4. The quantitative estimate of drug-likeness (QED) is 0.845. The Labute approximate surface area is 131 Å². The van der Waals surface area contributed by atoms with Crippen LogP contribution in [-0.2, 0) is 9.53 Å². The third-order valence-corrected chi connectivity index (χ3v) is 3.02. The van der Waals surface area contributed by atoms with Crippen molar-refractivity contribution in [2.45, 2.75) is 13.0 Å². The second-order valence-corrected chi connectivity index (χ2v) is 4.90. The van der Waals surface area contributed by atoms with Crippen LogP contribution < -0.4 is 10.9 Å². The smallest absolute Gasteiger partial charge is 0.344 e. The van der Waals surface area contributed by atoms with Gasteiger partial charge >= 0.3 is 5.97 Å². The number of aromatic nitrogens is 1. The summed E-state index contributed by atoms with van der Waals surface area (Å²) < 4.78 is 4.98. The minimum absolute atomic E-state index is 0.162. The van der Waals surface area contributed by atoms with Crippen LogP contribution in [0.15, 0.2) is 47.4 Å². The Morgan fingerprint density at radius 3 is 2.73 bits per heavy atom. The number of esters is 1. The molecule has 2 N–H and O–H groups in total. The van der Waals surface area contributed by atoms with Gasteiger partial charge in [-0.05, 0) is 37.3 Å². The van der Waals surface area contributed by atoms with Crippen molar-refractivity contribution < 1.29 is 14.3 Å². The Bertz CT molecular complexity index is 757. The minimum atomic E-state index is -1.06. The van der Waals surface area contributed by atoms with Gasteiger partial charge in [-0.3, -0.25) is 9.59 Å². The van der Waals surface area contributed by atoms with Gasteiger partial charge in [0.05, 0.1) is 0 Å². The molecule has 0 bridgehead atoms. The van der Waals surface area contributed by atoms with Gasteiger partial charge in [0, 0.05) is 16.9 Å². The normalized spacial score (nSPS) is 11.5. The third-order valence-electron chi connectivity index (χ3n) is 2.78. The maximum absolute atomic E-state index is 12.0. The van der Waals surface area contributed by atoms with E-state index in [4.69, 9.17) is 16.3 Å². The first-order valence-corrected chi connectivity index (χ1v) is 6.80. The monoisotopic (exact) mass is 320 g/mol. The molecule has 0 aliphatic heterocycles. The molecule has 0 saturated heterocycles. The van der Waals surface area contributed by atoms with Gasteiger partial charge < -0.3 is 15.0 Å². The van der Waals surface area contributed by atoms with E-state index >= 15 is 0 Å². The molecule has 0 aliphatic carbocycles. The second kappa shape index (κ2) is 6.91. The van der Waals surface area contributed by atoms with E-state index in [1.165, 1.54) is 25.3 Å². The van der Waals surface area contributed by atoms with Gasteiger partial charge in [0.15, 0.2) is 6.10 Å². The SMILES string of the molecule is C[C@@H](OC(=O)c1ccc[nH]c1=O)C(=O)Nc1cccc(Cl)c1. The van der Waals surface area contributed by atoms with Crippen molar-refractivity contribution in [3.05, 3.63) is 63.5 Å². The number of nitrogens with one attached hydrogen (secondary N) is 2. The van der Waals surface area contributed by atoms with E-state index < -0.39 is 23.5 Å². The predicted octanol–water partition coefficient (Wildman–Crippen LogP) is 2.21. The van der Waals surface area contributed by atoms with Crippen LogP contribution in [0.25, 0.3) is 0 Å². The molecule has 1 heterocycles. The molecule has 0 aliphatic rings. The molecule has 0 spiro atoms. The van der Waals surface area contributed by atoms with Crippen LogP contribution >= 0.6 is 11.6 Å². The van der Waals surface area contributed by atoms with Gasteiger partial charge in [0.2, 0.25) is 0 Å². The lowest BCUT2D eigenvalue weighted by Gasteiger charge is -2.13. The van der Waals surface area contributed by atoms with Gasteiger partial charge in [-0.1, -0.05) is 17.7 Å². The first-order valence-electron chi connectivity index (χ1n) is 6.42. The molecule has 2 aromatic rings. The zero-order valence-corrected chi connectivity index (χ0v) is 12.4. The van der Waals surface area contributed by atoms with E-state index in [0.717, 1.165) is 0 Å². The Morgan fingerprint density at radius 1 is 1.27 bits per heavy atom.